The Labute approximate surface area is 141 Å². The number of esters is 1. The van der Waals surface area contributed by atoms with Crippen LogP contribution in [-0.4, -0.2) is 51.4 Å². The SMILES string of the molecule is CCOC(=O)C(=O)Nc1cc(S(=O)(=O)N(CC)CC)ccc1OC. The minimum atomic E-state index is -3.70. The minimum Gasteiger partial charge on any atom is -0.495 e. The van der Waals surface area contributed by atoms with Crippen LogP contribution in [0.1, 0.15) is 20.8 Å². The Morgan fingerprint density at radius 2 is 1.79 bits per heavy atom. The van der Waals surface area contributed by atoms with E-state index in [2.05, 4.69) is 10.1 Å². The van der Waals surface area contributed by atoms with Gasteiger partial charge < -0.3 is 14.8 Å². The van der Waals surface area contributed by atoms with Crippen LogP contribution in [0.5, 0.6) is 5.75 Å². The highest BCUT2D eigenvalue weighted by molar-refractivity contribution is 7.89. The molecule has 0 aliphatic rings. The van der Waals surface area contributed by atoms with Crippen LogP contribution in [0, 0.1) is 0 Å². The van der Waals surface area contributed by atoms with Crippen LogP contribution in [0.4, 0.5) is 5.69 Å². The molecule has 0 unspecified atom stereocenters. The Kier molecular flexibility index (Phi) is 7.18. The van der Waals surface area contributed by atoms with Gasteiger partial charge in [0.2, 0.25) is 10.0 Å². The fourth-order valence-corrected chi connectivity index (χ4v) is 3.51. The third-order valence-corrected chi connectivity index (χ3v) is 5.27. The standard InChI is InChI=1S/C15H22N2O6S/c1-5-17(6-2)24(20,21)11-8-9-13(22-4)12(10-11)16-14(18)15(19)23-7-3/h8-10H,5-7H2,1-4H3,(H,16,18). The van der Waals surface area contributed by atoms with Gasteiger partial charge in [-0.25, -0.2) is 13.2 Å². The maximum Gasteiger partial charge on any atom is 0.397 e. The average Bonchev–Trinajstić information content (AvgIpc) is 2.55. The summed E-state index contributed by atoms with van der Waals surface area (Å²) in [6.45, 7) is 5.72. The van der Waals surface area contributed by atoms with E-state index in [0.717, 1.165) is 0 Å². The monoisotopic (exact) mass is 358 g/mol. The van der Waals surface area contributed by atoms with Crippen molar-refractivity contribution in [1.82, 2.24) is 4.31 Å². The Hall–Kier alpha value is -2.13. The molecule has 0 bridgehead atoms. The molecule has 1 aromatic rings. The van der Waals surface area contributed by atoms with Crippen molar-refractivity contribution in [2.75, 3.05) is 32.1 Å². The summed E-state index contributed by atoms with van der Waals surface area (Å²) in [4.78, 5) is 23.2. The van der Waals surface area contributed by atoms with Crippen molar-refractivity contribution in [2.45, 2.75) is 25.7 Å². The first-order chi connectivity index (χ1) is 11.3. The molecule has 134 valence electrons. The van der Waals surface area contributed by atoms with Gasteiger partial charge in [0.25, 0.3) is 0 Å². The van der Waals surface area contributed by atoms with Crippen molar-refractivity contribution in [3.8, 4) is 5.75 Å². The first-order valence-electron chi connectivity index (χ1n) is 7.48. The molecule has 1 aromatic carbocycles. The quantitative estimate of drug-likeness (QED) is 0.581. The Bertz CT molecular complexity index is 698. The van der Waals surface area contributed by atoms with Crippen molar-refractivity contribution in [1.29, 1.82) is 0 Å². The number of amides is 1. The molecule has 1 amide bonds. The van der Waals surface area contributed by atoms with Gasteiger partial charge in [-0.1, -0.05) is 13.8 Å². The van der Waals surface area contributed by atoms with Crippen LogP contribution in [-0.2, 0) is 24.3 Å². The average molecular weight is 358 g/mol. The predicted octanol–water partition coefficient (Wildman–Crippen LogP) is 1.23. The number of methoxy groups -OCH3 is 1. The van der Waals surface area contributed by atoms with E-state index in [0.29, 0.717) is 13.1 Å². The summed E-state index contributed by atoms with van der Waals surface area (Å²) >= 11 is 0. The van der Waals surface area contributed by atoms with Gasteiger partial charge in [0.15, 0.2) is 0 Å². The maximum absolute atomic E-state index is 12.5. The molecule has 0 radical (unpaired) electrons. The highest BCUT2D eigenvalue weighted by Crippen LogP contribution is 2.29. The van der Waals surface area contributed by atoms with Gasteiger partial charge in [-0.3, -0.25) is 4.79 Å². The van der Waals surface area contributed by atoms with E-state index < -0.39 is 21.9 Å². The number of anilines is 1. The van der Waals surface area contributed by atoms with Crippen molar-refractivity contribution in [2.24, 2.45) is 0 Å². The summed E-state index contributed by atoms with van der Waals surface area (Å²) in [7, 11) is -2.34. The molecule has 0 spiro atoms. The first-order valence-corrected chi connectivity index (χ1v) is 8.92. The fourth-order valence-electron chi connectivity index (χ4n) is 2.03. The largest absolute Gasteiger partial charge is 0.495 e. The lowest BCUT2D eigenvalue weighted by Crippen LogP contribution is -2.31. The lowest BCUT2D eigenvalue weighted by atomic mass is 10.3. The molecule has 8 nitrogen and oxygen atoms in total. The van der Waals surface area contributed by atoms with E-state index in [1.165, 1.54) is 29.6 Å². The van der Waals surface area contributed by atoms with E-state index in [-0.39, 0.29) is 22.9 Å². The molecule has 0 saturated carbocycles. The van der Waals surface area contributed by atoms with Gasteiger partial charge in [0.05, 0.1) is 24.3 Å². The lowest BCUT2D eigenvalue weighted by molar-refractivity contribution is -0.152. The second-order valence-corrected chi connectivity index (χ2v) is 6.56. The van der Waals surface area contributed by atoms with Crippen LogP contribution >= 0.6 is 0 Å². The number of carbonyl (C=O) groups is 2. The second-order valence-electron chi connectivity index (χ2n) is 4.63. The molecule has 0 aliphatic heterocycles. The highest BCUT2D eigenvalue weighted by atomic mass is 32.2. The highest BCUT2D eigenvalue weighted by Gasteiger charge is 2.24. The normalized spacial score (nSPS) is 11.2. The van der Waals surface area contributed by atoms with Gasteiger partial charge in [-0.15, -0.1) is 0 Å². The predicted molar refractivity (Wildman–Crippen MR) is 88.4 cm³/mol. The molecule has 0 fully saturated rings. The zero-order valence-corrected chi connectivity index (χ0v) is 15.0. The van der Waals surface area contributed by atoms with Crippen molar-refractivity contribution in [3.63, 3.8) is 0 Å². The number of nitrogens with zero attached hydrogens (tertiary/aromatic N) is 1. The van der Waals surface area contributed by atoms with Crippen LogP contribution in [0.15, 0.2) is 23.1 Å². The number of sulfonamides is 1. The molecular weight excluding hydrogens is 336 g/mol. The molecule has 1 N–H and O–H groups in total. The topological polar surface area (TPSA) is 102 Å². The maximum atomic E-state index is 12.5. The number of ether oxygens (including phenoxy) is 2. The Morgan fingerprint density at radius 1 is 1.17 bits per heavy atom. The third-order valence-electron chi connectivity index (χ3n) is 3.22. The molecule has 0 saturated heterocycles. The second kappa shape index (κ2) is 8.65. The molecule has 9 heteroatoms. The summed E-state index contributed by atoms with van der Waals surface area (Å²) in [5.74, 6) is -1.84. The molecule has 0 heterocycles. The summed E-state index contributed by atoms with van der Waals surface area (Å²) in [5, 5.41) is 2.31. The summed E-state index contributed by atoms with van der Waals surface area (Å²) in [6, 6.07) is 4.05. The third kappa shape index (κ3) is 4.45. The number of nitrogens with one attached hydrogen (secondary N) is 1. The zero-order valence-electron chi connectivity index (χ0n) is 14.2. The van der Waals surface area contributed by atoms with E-state index in [1.54, 1.807) is 20.8 Å². The van der Waals surface area contributed by atoms with Crippen molar-refractivity contribution in [3.05, 3.63) is 18.2 Å². The van der Waals surface area contributed by atoms with Crippen molar-refractivity contribution >= 4 is 27.6 Å². The van der Waals surface area contributed by atoms with Crippen LogP contribution in [0.3, 0.4) is 0 Å². The molecule has 0 aliphatic carbocycles. The number of rotatable bonds is 7. The molecular formula is C15H22N2O6S. The minimum absolute atomic E-state index is 0.00819. The van der Waals surface area contributed by atoms with Gasteiger partial charge in [-0.05, 0) is 25.1 Å². The number of carbonyl (C=O) groups excluding carboxylic acids is 2. The summed E-state index contributed by atoms with van der Waals surface area (Å²) < 4.78 is 36.1. The first kappa shape index (κ1) is 19.9. The summed E-state index contributed by atoms with van der Waals surface area (Å²) in [5.41, 5.74) is 0.0729. The molecule has 0 atom stereocenters. The van der Waals surface area contributed by atoms with Crippen LogP contribution in [0.2, 0.25) is 0 Å². The zero-order chi connectivity index (χ0) is 18.3. The van der Waals surface area contributed by atoms with Crippen molar-refractivity contribution < 1.29 is 27.5 Å². The van der Waals surface area contributed by atoms with Gasteiger partial charge >= 0.3 is 11.9 Å². The molecule has 1 rings (SSSR count). The number of hydrogen-bond donors (Lipinski definition) is 1. The van der Waals surface area contributed by atoms with E-state index in [1.807, 2.05) is 0 Å². The summed E-state index contributed by atoms with van der Waals surface area (Å²) in [6.07, 6.45) is 0. The van der Waals surface area contributed by atoms with Gasteiger partial charge in [0, 0.05) is 13.1 Å². The van der Waals surface area contributed by atoms with Crippen LogP contribution < -0.4 is 10.1 Å². The molecule has 0 aromatic heterocycles. The van der Waals surface area contributed by atoms with E-state index in [9.17, 15) is 18.0 Å². The lowest BCUT2D eigenvalue weighted by Gasteiger charge is -2.19. The number of hydrogen-bond acceptors (Lipinski definition) is 6. The van der Waals surface area contributed by atoms with Crippen LogP contribution in [0.25, 0.3) is 0 Å². The number of benzene rings is 1. The van der Waals surface area contributed by atoms with Gasteiger partial charge in [0.1, 0.15) is 5.75 Å². The molecule has 24 heavy (non-hydrogen) atoms. The van der Waals surface area contributed by atoms with E-state index >= 15 is 0 Å². The Balaban J connectivity index is 3.22. The smallest absolute Gasteiger partial charge is 0.397 e. The fraction of sp³-hybridized carbons (Fsp3) is 0.467. The van der Waals surface area contributed by atoms with E-state index in [4.69, 9.17) is 4.74 Å². The Morgan fingerprint density at radius 3 is 2.29 bits per heavy atom. The van der Waals surface area contributed by atoms with Gasteiger partial charge in [-0.2, -0.15) is 4.31 Å².